The molecule has 0 saturated heterocycles. The Morgan fingerprint density at radius 1 is 1.15 bits per heavy atom. The van der Waals surface area contributed by atoms with Crippen LogP contribution in [0.1, 0.15) is 34.3 Å². The molecule has 2 aromatic rings. The summed E-state index contributed by atoms with van der Waals surface area (Å²) in [5.41, 5.74) is 2.86. The second-order valence-electron chi connectivity index (χ2n) is 7.14. The highest BCUT2D eigenvalue weighted by Crippen LogP contribution is 2.31. The molecule has 0 aromatic heterocycles. The van der Waals surface area contributed by atoms with Crippen molar-refractivity contribution in [2.75, 3.05) is 19.4 Å². The summed E-state index contributed by atoms with van der Waals surface area (Å²) in [6, 6.07) is 12.9. The fourth-order valence-electron chi connectivity index (χ4n) is 2.81. The van der Waals surface area contributed by atoms with E-state index in [1.54, 1.807) is 12.1 Å². The van der Waals surface area contributed by atoms with Crippen molar-refractivity contribution in [3.63, 3.8) is 0 Å². The molecule has 1 amide bonds. The van der Waals surface area contributed by atoms with Gasteiger partial charge in [-0.1, -0.05) is 24.3 Å². The van der Waals surface area contributed by atoms with Crippen molar-refractivity contribution >= 4 is 17.3 Å². The van der Waals surface area contributed by atoms with E-state index >= 15 is 0 Å². The Bertz CT molecular complexity index is 830. The summed E-state index contributed by atoms with van der Waals surface area (Å²) in [5.74, 6) is -0.326. The highest BCUT2D eigenvalue weighted by atomic mass is 16.6. The first kappa shape index (κ1) is 18.8. The minimum Gasteiger partial charge on any atom is -0.377 e. The average Bonchev–Trinajstić information content (AvgIpc) is 3.44. The average molecular weight is 368 g/mol. The highest BCUT2D eigenvalue weighted by molar-refractivity contribution is 5.95. The molecule has 3 rings (SSSR count). The Kier molecular flexibility index (Phi) is 5.71. The molecule has 142 valence electrons. The van der Waals surface area contributed by atoms with Gasteiger partial charge >= 0.3 is 0 Å². The zero-order chi connectivity index (χ0) is 19.4. The van der Waals surface area contributed by atoms with E-state index in [0.29, 0.717) is 18.3 Å². The summed E-state index contributed by atoms with van der Waals surface area (Å²) in [5, 5.41) is 17.3. The van der Waals surface area contributed by atoms with Gasteiger partial charge in [-0.25, -0.2) is 0 Å². The van der Waals surface area contributed by atoms with Gasteiger partial charge in [-0.05, 0) is 50.2 Å². The molecule has 0 heterocycles. The monoisotopic (exact) mass is 368 g/mol. The van der Waals surface area contributed by atoms with E-state index in [9.17, 15) is 14.9 Å². The van der Waals surface area contributed by atoms with Crippen LogP contribution in [0.25, 0.3) is 0 Å². The first-order chi connectivity index (χ1) is 12.9. The third-order valence-corrected chi connectivity index (χ3v) is 4.37. The number of nitrogens with one attached hydrogen (secondary N) is 2. The summed E-state index contributed by atoms with van der Waals surface area (Å²) in [7, 11) is 4.03. The Morgan fingerprint density at radius 3 is 2.41 bits per heavy atom. The summed E-state index contributed by atoms with van der Waals surface area (Å²) in [6.07, 6.45) is 2.04. The molecule has 27 heavy (non-hydrogen) atoms. The highest BCUT2D eigenvalue weighted by Gasteiger charge is 2.25. The lowest BCUT2D eigenvalue weighted by atomic mass is 10.1. The van der Waals surface area contributed by atoms with Gasteiger partial charge in [-0.15, -0.1) is 0 Å². The molecule has 7 heteroatoms. The molecule has 0 bridgehead atoms. The fourth-order valence-corrected chi connectivity index (χ4v) is 2.81. The van der Waals surface area contributed by atoms with Crippen LogP contribution in [0.15, 0.2) is 42.5 Å². The van der Waals surface area contributed by atoms with Gasteiger partial charge in [0.2, 0.25) is 0 Å². The van der Waals surface area contributed by atoms with Crippen LogP contribution >= 0.6 is 0 Å². The van der Waals surface area contributed by atoms with Crippen molar-refractivity contribution in [3.8, 4) is 0 Å². The van der Waals surface area contributed by atoms with Gasteiger partial charge in [-0.3, -0.25) is 14.9 Å². The quantitative estimate of drug-likeness (QED) is 0.552. The second-order valence-corrected chi connectivity index (χ2v) is 7.14. The van der Waals surface area contributed by atoms with Gasteiger partial charge in [0.15, 0.2) is 0 Å². The van der Waals surface area contributed by atoms with Crippen molar-refractivity contribution < 1.29 is 9.72 Å². The third-order valence-electron chi connectivity index (χ3n) is 4.37. The number of nitro benzene ring substituents is 1. The van der Waals surface area contributed by atoms with E-state index in [0.717, 1.165) is 24.9 Å². The number of carbonyl (C=O) groups excluding carboxylic acids is 1. The van der Waals surface area contributed by atoms with E-state index in [1.807, 2.05) is 38.4 Å². The number of carbonyl (C=O) groups is 1. The molecular formula is C20H24N4O3. The van der Waals surface area contributed by atoms with Gasteiger partial charge in [-0.2, -0.15) is 0 Å². The Balaban J connectivity index is 1.63. The molecule has 1 saturated carbocycles. The van der Waals surface area contributed by atoms with Gasteiger partial charge in [0.05, 0.1) is 4.92 Å². The lowest BCUT2D eigenvalue weighted by Gasteiger charge is -2.11. The molecule has 1 aliphatic rings. The van der Waals surface area contributed by atoms with Crippen molar-refractivity contribution in [2.45, 2.75) is 32.0 Å². The number of benzene rings is 2. The molecule has 7 nitrogen and oxygen atoms in total. The second kappa shape index (κ2) is 8.18. The van der Waals surface area contributed by atoms with Crippen molar-refractivity contribution in [1.82, 2.24) is 10.2 Å². The number of rotatable bonds is 8. The van der Waals surface area contributed by atoms with E-state index in [2.05, 4.69) is 15.5 Å². The first-order valence-corrected chi connectivity index (χ1v) is 8.98. The van der Waals surface area contributed by atoms with E-state index in [1.165, 1.54) is 11.6 Å². The Morgan fingerprint density at radius 2 is 1.81 bits per heavy atom. The van der Waals surface area contributed by atoms with Crippen LogP contribution in [0.2, 0.25) is 0 Å². The Labute approximate surface area is 158 Å². The van der Waals surface area contributed by atoms with Crippen LogP contribution in [0.3, 0.4) is 0 Å². The van der Waals surface area contributed by atoms with Crippen LogP contribution < -0.4 is 10.6 Å². The molecule has 1 fully saturated rings. The third kappa shape index (κ3) is 5.27. The smallest absolute Gasteiger partial charge is 0.293 e. The standard InChI is InChI=1S/C20H24N4O3/c1-23(2)13-15-5-3-14(4-6-15)12-21-20(25)16-7-10-18(22-17-8-9-17)19(11-16)24(26)27/h3-7,10-11,17,22H,8-9,12-13H2,1-2H3,(H,21,25). The number of hydrogen-bond donors (Lipinski definition) is 2. The summed E-state index contributed by atoms with van der Waals surface area (Å²) >= 11 is 0. The largest absolute Gasteiger partial charge is 0.377 e. The van der Waals surface area contributed by atoms with Gasteiger partial charge < -0.3 is 15.5 Å². The summed E-state index contributed by atoms with van der Waals surface area (Å²) < 4.78 is 0. The summed E-state index contributed by atoms with van der Waals surface area (Å²) in [6.45, 7) is 1.23. The van der Waals surface area contributed by atoms with E-state index in [4.69, 9.17) is 0 Å². The molecular weight excluding hydrogens is 344 g/mol. The van der Waals surface area contributed by atoms with Crippen LogP contribution in [0.4, 0.5) is 11.4 Å². The molecule has 0 radical (unpaired) electrons. The lowest BCUT2D eigenvalue weighted by Crippen LogP contribution is -2.23. The lowest BCUT2D eigenvalue weighted by molar-refractivity contribution is -0.384. The molecule has 0 atom stereocenters. The van der Waals surface area contributed by atoms with Crippen molar-refractivity contribution in [1.29, 1.82) is 0 Å². The maximum absolute atomic E-state index is 12.4. The molecule has 0 unspecified atom stereocenters. The normalized spacial score (nSPS) is 13.4. The molecule has 2 aromatic carbocycles. The van der Waals surface area contributed by atoms with Crippen molar-refractivity contribution in [2.24, 2.45) is 0 Å². The van der Waals surface area contributed by atoms with Crippen LogP contribution in [0, 0.1) is 10.1 Å². The SMILES string of the molecule is CN(C)Cc1ccc(CNC(=O)c2ccc(NC3CC3)c([N+](=O)[O-])c2)cc1. The maximum Gasteiger partial charge on any atom is 0.293 e. The van der Waals surface area contributed by atoms with Crippen LogP contribution in [-0.4, -0.2) is 35.9 Å². The van der Waals surface area contributed by atoms with Gasteiger partial charge in [0.25, 0.3) is 11.6 Å². The predicted octanol–water partition coefficient (Wildman–Crippen LogP) is 3.16. The number of amides is 1. The zero-order valence-electron chi connectivity index (χ0n) is 15.6. The maximum atomic E-state index is 12.4. The number of anilines is 1. The molecule has 0 aliphatic heterocycles. The minimum absolute atomic E-state index is 0.0670. The van der Waals surface area contributed by atoms with Crippen LogP contribution in [-0.2, 0) is 13.1 Å². The van der Waals surface area contributed by atoms with Crippen molar-refractivity contribution in [3.05, 3.63) is 69.3 Å². The zero-order valence-corrected chi connectivity index (χ0v) is 15.6. The topological polar surface area (TPSA) is 87.5 Å². The van der Waals surface area contributed by atoms with E-state index in [-0.39, 0.29) is 17.2 Å². The minimum atomic E-state index is -0.453. The molecule has 2 N–H and O–H groups in total. The van der Waals surface area contributed by atoms with E-state index < -0.39 is 4.92 Å². The molecule has 1 aliphatic carbocycles. The first-order valence-electron chi connectivity index (χ1n) is 8.98. The number of nitrogens with zero attached hydrogens (tertiary/aromatic N) is 2. The predicted molar refractivity (Wildman–Crippen MR) is 105 cm³/mol. The van der Waals surface area contributed by atoms with Gasteiger partial charge in [0.1, 0.15) is 5.69 Å². The number of nitro groups is 1. The van der Waals surface area contributed by atoms with Crippen LogP contribution in [0.5, 0.6) is 0 Å². The Hall–Kier alpha value is -2.93. The summed E-state index contributed by atoms with van der Waals surface area (Å²) in [4.78, 5) is 25.3. The van der Waals surface area contributed by atoms with Gasteiger partial charge in [0, 0.05) is 30.8 Å². The number of hydrogen-bond acceptors (Lipinski definition) is 5. The fraction of sp³-hybridized carbons (Fsp3) is 0.350. The molecule has 0 spiro atoms.